The summed E-state index contributed by atoms with van der Waals surface area (Å²) >= 11 is 0. The standard InChI is InChI=1S/C9H16N2O/c10-2-1-3-11-6-7-4-8(5-7)9(11)12/h7-8H,1-6,10H2. The molecule has 3 aliphatic rings. The number of nitrogens with zero attached hydrogens (tertiary/aromatic N) is 1. The predicted molar refractivity (Wildman–Crippen MR) is 46.5 cm³/mol. The van der Waals surface area contributed by atoms with Crippen molar-refractivity contribution in [2.24, 2.45) is 17.6 Å². The normalized spacial score (nSPS) is 33.4. The molecule has 2 heterocycles. The van der Waals surface area contributed by atoms with Gasteiger partial charge in [0.05, 0.1) is 0 Å². The van der Waals surface area contributed by atoms with Gasteiger partial charge in [0.1, 0.15) is 0 Å². The fraction of sp³-hybridized carbons (Fsp3) is 0.889. The van der Waals surface area contributed by atoms with Gasteiger partial charge in [0.15, 0.2) is 0 Å². The second-order valence-electron chi connectivity index (χ2n) is 3.96. The summed E-state index contributed by atoms with van der Waals surface area (Å²) in [7, 11) is 0. The molecule has 0 aromatic heterocycles. The largest absolute Gasteiger partial charge is 0.342 e. The van der Waals surface area contributed by atoms with Crippen LogP contribution in [0, 0.1) is 11.8 Å². The van der Waals surface area contributed by atoms with E-state index in [0.29, 0.717) is 18.4 Å². The zero-order chi connectivity index (χ0) is 8.55. The van der Waals surface area contributed by atoms with Crippen LogP contribution >= 0.6 is 0 Å². The Morgan fingerprint density at radius 3 is 2.83 bits per heavy atom. The minimum Gasteiger partial charge on any atom is -0.342 e. The third-order valence-electron chi connectivity index (χ3n) is 3.01. The van der Waals surface area contributed by atoms with Gasteiger partial charge in [-0.05, 0) is 31.7 Å². The SMILES string of the molecule is NCCCN1CC2CC(C2)C1=O. The van der Waals surface area contributed by atoms with Crippen LogP contribution in [0.4, 0.5) is 0 Å². The topological polar surface area (TPSA) is 46.3 Å². The Bertz CT molecular complexity index is 187. The van der Waals surface area contributed by atoms with Crippen molar-refractivity contribution in [2.45, 2.75) is 19.3 Å². The van der Waals surface area contributed by atoms with Crippen LogP contribution in [-0.4, -0.2) is 30.4 Å². The first kappa shape index (κ1) is 8.05. The van der Waals surface area contributed by atoms with Crippen LogP contribution in [0.2, 0.25) is 0 Å². The Hall–Kier alpha value is -0.570. The van der Waals surface area contributed by atoms with E-state index in [0.717, 1.165) is 38.3 Å². The average Bonchev–Trinajstić information content (AvgIpc) is 2.00. The van der Waals surface area contributed by atoms with E-state index in [4.69, 9.17) is 5.73 Å². The highest BCUT2D eigenvalue weighted by atomic mass is 16.2. The van der Waals surface area contributed by atoms with Crippen molar-refractivity contribution >= 4 is 5.91 Å². The monoisotopic (exact) mass is 168 g/mol. The van der Waals surface area contributed by atoms with Crippen LogP contribution < -0.4 is 5.73 Å². The van der Waals surface area contributed by atoms with Crippen molar-refractivity contribution in [3.05, 3.63) is 0 Å². The molecule has 2 bridgehead atoms. The lowest BCUT2D eigenvalue weighted by atomic mass is 9.70. The second kappa shape index (κ2) is 3.05. The highest BCUT2D eigenvalue weighted by Crippen LogP contribution is 2.40. The van der Waals surface area contributed by atoms with E-state index in [-0.39, 0.29) is 0 Å². The van der Waals surface area contributed by atoms with E-state index < -0.39 is 0 Å². The maximum absolute atomic E-state index is 11.6. The van der Waals surface area contributed by atoms with Crippen LogP contribution in [0.25, 0.3) is 0 Å². The molecule has 2 saturated heterocycles. The van der Waals surface area contributed by atoms with Gasteiger partial charge in [0, 0.05) is 19.0 Å². The Kier molecular flexibility index (Phi) is 2.05. The minimum absolute atomic E-state index is 0.376. The third-order valence-corrected chi connectivity index (χ3v) is 3.01. The number of carbonyl (C=O) groups is 1. The fourth-order valence-corrected chi connectivity index (χ4v) is 2.23. The first-order valence-electron chi connectivity index (χ1n) is 4.80. The van der Waals surface area contributed by atoms with E-state index in [1.54, 1.807) is 0 Å². The van der Waals surface area contributed by atoms with Crippen LogP contribution in [-0.2, 0) is 4.79 Å². The molecule has 0 atom stereocenters. The Morgan fingerprint density at radius 1 is 1.50 bits per heavy atom. The van der Waals surface area contributed by atoms with Gasteiger partial charge >= 0.3 is 0 Å². The van der Waals surface area contributed by atoms with Gasteiger partial charge in [-0.3, -0.25) is 4.79 Å². The van der Waals surface area contributed by atoms with Gasteiger partial charge in [-0.15, -0.1) is 0 Å². The number of nitrogens with two attached hydrogens (primary N) is 1. The number of carbonyl (C=O) groups excluding carboxylic acids is 1. The molecule has 3 rings (SSSR count). The Balaban J connectivity index is 1.86. The van der Waals surface area contributed by atoms with E-state index in [1.165, 1.54) is 0 Å². The number of piperidine rings is 2. The molecule has 3 fully saturated rings. The minimum atomic E-state index is 0.376. The van der Waals surface area contributed by atoms with Crippen LogP contribution in [0.1, 0.15) is 19.3 Å². The molecular weight excluding hydrogens is 152 g/mol. The molecule has 1 aliphatic carbocycles. The van der Waals surface area contributed by atoms with Gasteiger partial charge in [-0.1, -0.05) is 0 Å². The van der Waals surface area contributed by atoms with Gasteiger partial charge in [0.25, 0.3) is 0 Å². The predicted octanol–water partition coefficient (Wildman–Crippen LogP) is 0.204. The number of amides is 1. The molecule has 1 saturated carbocycles. The lowest BCUT2D eigenvalue weighted by molar-refractivity contribution is -0.149. The van der Waals surface area contributed by atoms with Gasteiger partial charge in [-0.25, -0.2) is 0 Å². The summed E-state index contributed by atoms with van der Waals surface area (Å²) in [5, 5.41) is 0. The Morgan fingerprint density at radius 2 is 2.25 bits per heavy atom. The molecule has 0 aromatic rings. The smallest absolute Gasteiger partial charge is 0.225 e. The summed E-state index contributed by atoms with van der Waals surface area (Å²) in [6.45, 7) is 2.57. The molecule has 0 aromatic carbocycles. The zero-order valence-electron chi connectivity index (χ0n) is 7.33. The fourth-order valence-electron chi connectivity index (χ4n) is 2.23. The van der Waals surface area contributed by atoms with Gasteiger partial charge < -0.3 is 10.6 Å². The summed E-state index contributed by atoms with van der Waals surface area (Å²) in [5.41, 5.74) is 5.40. The van der Waals surface area contributed by atoms with E-state index in [9.17, 15) is 4.79 Å². The number of rotatable bonds is 3. The van der Waals surface area contributed by atoms with Crippen molar-refractivity contribution in [3.63, 3.8) is 0 Å². The van der Waals surface area contributed by atoms with Crippen molar-refractivity contribution in [2.75, 3.05) is 19.6 Å². The van der Waals surface area contributed by atoms with Crippen LogP contribution in [0.3, 0.4) is 0 Å². The molecule has 2 aliphatic heterocycles. The molecule has 1 amide bonds. The average molecular weight is 168 g/mol. The summed E-state index contributed by atoms with van der Waals surface area (Å²) in [6.07, 6.45) is 3.25. The van der Waals surface area contributed by atoms with E-state index in [1.807, 2.05) is 4.90 Å². The molecule has 3 heteroatoms. The quantitative estimate of drug-likeness (QED) is 0.654. The van der Waals surface area contributed by atoms with E-state index in [2.05, 4.69) is 0 Å². The number of fused-ring (bicyclic) bond motifs is 2. The summed E-state index contributed by atoms with van der Waals surface area (Å²) in [5.74, 6) is 1.57. The maximum Gasteiger partial charge on any atom is 0.225 e. The van der Waals surface area contributed by atoms with E-state index >= 15 is 0 Å². The highest BCUT2D eigenvalue weighted by Gasteiger charge is 2.42. The zero-order valence-corrected chi connectivity index (χ0v) is 7.33. The van der Waals surface area contributed by atoms with Crippen LogP contribution in [0.15, 0.2) is 0 Å². The summed E-state index contributed by atoms with van der Waals surface area (Å²) in [6, 6.07) is 0. The molecule has 12 heavy (non-hydrogen) atoms. The number of hydrogen-bond acceptors (Lipinski definition) is 2. The third kappa shape index (κ3) is 1.22. The highest BCUT2D eigenvalue weighted by molar-refractivity contribution is 5.81. The van der Waals surface area contributed by atoms with Crippen molar-refractivity contribution in [1.82, 2.24) is 4.90 Å². The van der Waals surface area contributed by atoms with Crippen molar-refractivity contribution in [1.29, 1.82) is 0 Å². The molecular formula is C9H16N2O. The van der Waals surface area contributed by atoms with Crippen molar-refractivity contribution < 1.29 is 4.79 Å². The maximum atomic E-state index is 11.6. The molecule has 0 spiro atoms. The molecule has 0 radical (unpaired) electrons. The van der Waals surface area contributed by atoms with Gasteiger partial charge in [-0.2, -0.15) is 0 Å². The molecule has 3 nitrogen and oxygen atoms in total. The first-order chi connectivity index (χ1) is 5.81. The summed E-state index contributed by atoms with van der Waals surface area (Å²) in [4.78, 5) is 13.5. The molecule has 68 valence electrons. The van der Waals surface area contributed by atoms with Crippen LogP contribution in [0.5, 0.6) is 0 Å². The Labute approximate surface area is 72.9 Å². The lowest BCUT2D eigenvalue weighted by Crippen LogP contribution is -2.53. The van der Waals surface area contributed by atoms with Crippen molar-refractivity contribution in [3.8, 4) is 0 Å². The lowest BCUT2D eigenvalue weighted by Gasteiger charge is -2.46. The summed E-state index contributed by atoms with van der Waals surface area (Å²) < 4.78 is 0. The first-order valence-corrected chi connectivity index (χ1v) is 4.80. The second-order valence-corrected chi connectivity index (χ2v) is 3.96. The van der Waals surface area contributed by atoms with Gasteiger partial charge in [0.2, 0.25) is 5.91 Å². The molecule has 2 N–H and O–H groups in total. The molecule has 0 unspecified atom stereocenters. The number of hydrogen-bond donors (Lipinski definition) is 1.